The van der Waals surface area contributed by atoms with Crippen LogP contribution < -0.4 is 0 Å². The van der Waals surface area contributed by atoms with Crippen LogP contribution in [-0.2, 0) is 0 Å². The largest absolute Gasteiger partial charge is 0.0990 e. The van der Waals surface area contributed by atoms with E-state index in [-0.39, 0.29) is 0 Å². The highest BCUT2D eigenvalue weighted by atomic mass is 35.5. The van der Waals surface area contributed by atoms with E-state index in [1.807, 2.05) is 0 Å². The third kappa shape index (κ3) is 15.6. The predicted molar refractivity (Wildman–Crippen MR) is 50.3 cm³/mol. The predicted octanol–water partition coefficient (Wildman–Crippen LogP) is 3.90. The summed E-state index contributed by atoms with van der Waals surface area (Å²) in [5, 5.41) is 0.620. The normalized spacial score (nSPS) is 9.30. The number of allylic oxidation sites excluding steroid dienone is 4. The average Bonchev–Trinajstić information content (AvgIpc) is 1.90. The van der Waals surface area contributed by atoms with Crippen LogP contribution in [0.4, 0.5) is 0 Å². The molecule has 0 amide bonds. The van der Waals surface area contributed by atoms with Crippen LogP contribution in [0.2, 0.25) is 0 Å². The van der Waals surface area contributed by atoms with Gasteiger partial charge in [0.1, 0.15) is 0 Å². The number of hydrogen-bond donors (Lipinski definition) is 0. The molecule has 0 N–H and O–H groups in total. The van der Waals surface area contributed by atoms with Gasteiger partial charge < -0.3 is 0 Å². The van der Waals surface area contributed by atoms with Crippen LogP contribution in [0.1, 0.15) is 20.3 Å². The van der Waals surface area contributed by atoms with E-state index in [4.69, 9.17) is 11.6 Å². The first-order valence-electron chi connectivity index (χ1n) is 3.33. The molecule has 0 fully saturated rings. The average molecular weight is 159 g/mol. The van der Waals surface area contributed by atoms with Crippen molar-refractivity contribution in [3.63, 3.8) is 0 Å². The lowest BCUT2D eigenvalue weighted by Crippen LogP contribution is -1.53. The molecule has 0 aromatic carbocycles. The minimum atomic E-state index is 0.620. The van der Waals surface area contributed by atoms with Gasteiger partial charge in [-0.05, 0) is 6.08 Å². The van der Waals surface area contributed by atoms with Gasteiger partial charge >= 0.3 is 0 Å². The van der Waals surface area contributed by atoms with E-state index in [1.54, 1.807) is 18.2 Å². The highest BCUT2D eigenvalue weighted by Gasteiger charge is 1.72. The van der Waals surface area contributed by atoms with Crippen LogP contribution in [0, 0.1) is 0 Å². The minimum absolute atomic E-state index is 0.620. The molecule has 0 rings (SSSR count). The molecule has 0 nitrogen and oxygen atoms in total. The van der Waals surface area contributed by atoms with Gasteiger partial charge in [0.2, 0.25) is 0 Å². The van der Waals surface area contributed by atoms with Gasteiger partial charge in [0.05, 0.1) is 0 Å². The molecule has 0 radical (unpaired) electrons. The molecule has 0 heterocycles. The first kappa shape index (κ1) is 12.2. The molecule has 0 aliphatic rings. The van der Waals surface area contributed by atoms with E-state index in [0.717, 1.165) is 0 Å². The van der Waals surface area contributed by atoms with Crippen molar-refractivity contribution in [2.75, 3.05) is 0 Å². The molecule has 0 bridgehead atoms. The van der Waals surface area contributed by atoms with Crippen LogP contribution in [0.3, 0.4) is 0 Å². The molecule has 10 heavy (non-hydrogen) atoms. The first-order chi connectivity index (χ1) is 4.72. The lowest BCUT2D eigenvalue weighted by Gasteiger charge is -1.76. The second-order valence-electron chi connectivity index (χ2n) is 1.70. The van der Waals surface area contributed by atoms with Crippen molar-refractivity contribution in [3.8, 4) is 0 Å². The Kier molecular flexibility index (Phi) is 13.8. The zero-order valence-electron chi connectivity index (χ0n) is 6.73. The van der Waals surface area contributed by atoms with E-state index >= 15 is 0 Å². The molecule has 0 spiro atoms. The van der Waals surface area contributed by atoms with Crippen molar-refractivity contribution < 1.29 is 0 Å². The Labute approximate surface area is 68.9 Å². The van der Waals surface area contributed by atoms with E-state index in [1.165, 1.54) is 6.42 Å². The SMILES string of the molecule is C=C/C=C(/Cl)C=C.CCC. The molecule has 0 unspecified atom stereocenters. The molecule has 0 aromatic rings. The van der Waals surface area contributed by atoms with Crippen molar-refractivity contribution in [1.82, 2.24) is 0 Å². The molecule has 58 valence electrons. The lowest BCUT2D eigenvalue weighted by molar-refractivity contribution is 1.09. The maximum absolute atomic E-state index is 5.44. The Morgan fingerprint density at radius 3 is 1.90 bits per heavy atom. The van der Waals surface area contributed by atoms with Gasteiger partial charge in [-0.15, -0.1) is 0 Å². The highest BCUT2D eigenvalue weighted by molar-refractivity contribution is 6.31. The molecular weight excluding hydrogens is 144 g/mol. The van der Waals surface area contributed by atoms with Gasteiger partial charge in [0.25, 0.3) is 0 Å². The third-order valence-electron chi connectivity index (χ3n) is 0.472. The maximum Gasteiger partial charge on any atom is 0.0399 e. The Morgan fingerprint density at radius 1 is 1.40 bits per heavy atom. The van der Waals surface area contributed by atoms with Crippen LogP contribution >= 0.6 is 11.6 Å². The molecule has 0 aliphatic carbocycles. The molecule has 0 aliphatic heterocycles. The van der Waals surface area contributed by atoms with Gasteiger partial charge in [-0.1, -0.05) is 57.2 Å². The van der Waals surface area contributed by atoms with Gasteiger partial charge in [-0.2, -0.15) is 0 Å². The van der Waals surface area contributed by atoms with Crippen molar-refractivity contribution in [3.05, 3.63) is 36.4 Å². The van der Waals surface area contributed by atoms with E-state index < -0.39 is 0 Å². The molecule has 0 saturated heterocycles. The quantitative estimate of drug-likeness (QED) is 0.535. The van der Waals surface area contributed by atoms with Gasteiger partial charge in [0, 0.05) is 5.03 Å². The molecule has 0 atom stereocenters. The molecule has 1 heteroatoms. The standard InChI is InChI=1S/C6H7Cl.C3H8/c1-3-5-6(7)4-2;1-3-2/h3-5H,1-2H2;3H2,1-2H3/b6-5+;. The summed E-state index contributed by atoms with van der Waals surface area (Å²) in [5.41, 5.74) is 0. The topological polar surface area (TPSA) is 0 Å². The minimum Gasteiger partial charge on any atom is -0.0990 e. The molecular formula is C9H15Cl. The Hall–Kier alpha value is -0.490. The fraction of sp³-hybridized carbons (Fsp3) is 0.333. The Morgan fingerprint density at radius 2 is 1.80 bits per heavy atom. The van der Waals surface area contributed by atoms with Crippen LogP contribution in [0.25, 0.3) is 0 Å². The van der Waals surface area contributed by atoms with Crippen molar-refractivity contribution >= 4 is 11.6 Å². The van der Waals surface area contributed by atoms with E-state index in [0.29, 0.717) is 5.03 Å². The summed E-state index contributed by atoms with van der Waals surface area (Å²) in [7, 11) is 0. The zero-order chi connectivity index (χ0) is 8.41. The molecule has 0 aromatic heterocycles. The summed E-state index contributed by atoms with van der Waals surface area (Å²) in [6.45, 7) is 11.1. The van der Waals surface area contributed by atoms with E-state index in [2.05, 4.69) is 27.0 Å². The summed E-state index contributed by atoms with van der Waals surface area (Å²) in [6, 6.07) is 0. The van der Waals surface area contributed by atoms with Gasteiger partial charge in [0.15, 0.2) is 0 Å². The van der Waals surface area contributed by atoms with Crippen LogP contribution in [0.5, 0.6) is 0 Å². The third-order valence-corrected chi connectivity index (χ3v) is 0.752. The van der Waals surface area contributed by atoms with Crippen molar-refractivity contribution in [2.45, 2.75) is 20.3 Å². The number of rotatable bonds is 2. The summed E-state index contributed by atoms with van der Waals surface area (Å²) < 4.78 is 0. The number of halogens is 1. The second-order valence-corrected chi connectivity index (χ2v) is 2.13. The Balaban J connectivity index is 0. The monoisotopic (exact) mass is 158 g/mol. The summed E-state index contributed by atoms with van der Waals surface area (Å²) in [6.07, 6.45) is 6.10. The van der Waals surface area contributed by atoms with Crippen molar-refractivity contribution in [1.29, 1.82) is 0 Å². The molecule has 0 saturated carbocycles. The maximum atomic E-state index is 5.44. The zero-order valence-corrected chi connectivity index (χ0v) is 7.49. The van der Waals surface area contributed by atoms with Crippen molar-refractivity contribution in [2.24, 2.45) is 0 Å². The van der Waals surface area contributed by atoms with E-state index in [9.17, 15) is 0 Å². The van der Waals surface area contributed by atoms with Crippen LogP contribution in [-0.4, -0.2) is 0 Å². The fourth-order valence-corrected chi connectivity index (χ4v) is 0.270. The first-order valence-corrected chi connectivity index (χ1v) is 3.71. The Bertz CT molecular complexity index is 112. The second kappa shape index (κ2) is 11.3. The number of hydrogen-bond acceptors (Lipinski definition) is 0. The highest BCUT2D eigenvalue weighted by Crippen LogP contribution is 1.99. The summed E-state index contributed by atoms with van der Waals surface area (Å²) >= 11 is 5.44. The smallest absolute Gasteiger partial charge is 0.0399 e. The summed E-state index contributed by atoms with van der Waals surface area (Å²) in [5.74, 6) is 0. The lowest BCUT2D eigenvalue weighted by atomic mass is 10.5. The summed E-state index contributed by atoms with van der Waals surface area (Å²) in [4.78, 5) is 0. The fourth-order valence-electron chi connectivity index (χ4n) is 0.181. The van der Waals surface area contributed by atoms with Crippen LogP contribution in [0.15, 0.2) is 36.4 Å². The van der Waals surface area contributed by atoms with Gasteiger partial charge in [-0.25, -0.2) is 0 Å². The van der Waals surface area contributed by atoms with Gasteiger partial charge in [-0.3, -0.25) is 0 Å².